The van der Waals surface area contributed by atoms with Crippen LogP contribution in [0, 0.1) is 0 Å². The van der Waals surface area contributed by atoms with Gasteiger partial charge in [0.2, 0.25) is 0 Å². The number of rotatable bonds is 14. The fourth-order valence-corrected chi connectivity index (χ4v) is 2.92. The molecule has 0 spiro atoms. The van der Waals surface area contributed by atoms with E-state index in [1.807, 2.05) is 27.7 Å². The number of carbonyl (C=O) groups excluding carboxylic acids is 4. The van der Waals surface area contributed by atoms with Crippen LogP contribution in [0.5, 0.6) is 0 Å². The van der Waals surface area contributed by atoms with Crippen molar-refractivity contribution in [3.8, 4) is 0 Å². The van der Waals surface area contributed by atoms with Crippen molar-refractivity contribution in [1.82, 2.24) is 9.80 Å². The van der Waals surface area contributed by atoms with E-state index in [-0.39, 0.29) is 11.8 Å². The van der Waals surface area contributed by atoms with Gasteiger partial charge in [0.25, 0.3) is 11.8 Å². The number of amides is 2. The van der Waals surface area contributed by atoms with Crippen molar-refractivity contribution in [1.29, 1.82) is 0 Å². The molecule has 0 fully saturated rings. The normalized spacial score (nSPS) is 12.9. The maximum Gasteiger partial charge on any atom is 0.331 e. The van der Waals surface area contributed by atoms with E-state index in [0.29, 0.717) is 26.2 Å². The molecular formula is C22H38N2O6. The largest absolute Gasteiger partial charge is 0.449 e. The lowest BCUT2D eigenvalue weighted by Crippen LogP contribution is -2.41. The number of esters is 2. The Morgan fingerprint density at radius 1 is 0.633 bits per heavy atom. The standard InChI is InChI=1S/C22H38N2O6/c1-7-13-23(14-8-2)21(27)17(5)29-19(25)11-12-20(26)30-18(6)22(28)24(15-9-3)16-10-4/h11-12,17-18H,7-10,13-16H2,1-6H3/b12-11+/t17-,18-/m0/s1. The van der Waals surface area contributed by atoms with Crippen LogP contribution in [0.2, 0.25) is 0 Å². The Kier molecular flexibility index (Phi) is 14.2. The second-order valence-electron chi connectivity index (χ2n) is 7.14. The Morgan fingerprint density at radius 2 is 0.900 bits per heavy atom. The van der Waals surface area contributed by atoms with E-state index in [1.54, 1.807) is 9.80 Å². The molecule has 0 aromatic heterocycles. The van der Waals surface area contributed by atoms with Gasteiger partial charge >= 0.3 is 11.9 Å². The van der Waals surface area contributed by atoms with Crippen LogP contribution < -0.4 is 0 Å². The number of carbonyl (C=O) groups is 4. The summed E-state index contributed by atoms with van der Waals surface area (Å²) in [6.45, 7) is 13.2. The summed E-state index contributed by atoms with van der Waals surface area (Å²) < 4.78 is 10.2. The van der Waals surface area contributed by atoms with Gasteiger partial charge in [0.05, 0.1) is 0 Å². The van der Waals surface area contributed by atoms with E-state index in [0.717, 1.165) is 37.8 Å². The van der Waals surface area contributed by atoms with Gasteiger partial charge in [0.15, 0.2) is 12.2 Å². The van der Waals surface area contributed by atoms with Crippen molar-refractivity contribution in [2.75, 3.05) is 26.2 Å². The van der Waals surface area contributed by atoms with Crippen LogP contribution in [0.1, 0.15) is 67.2 Å². The molecule has 2 atom stereocenters. The molecular weight excluding hydrogens is 388 g/mol. The number of hydrogen-bond acceptors (Lipinski definition) is 6. The summed E-state index contributed by atoms with van der Waals surface area (Å²) in [4.78, 5) is 51.9. The Balaban J connectivity index is 4.70. The van der Waals surface area contributed by atoms with Crippen LogP contribution in [0.4, 0.5) is 0 Å². The molecule has 0 unspecified atom stereocenters. The SMILES string of the molecule is CCCN(CCC)C(=O)[C@H](C)OC(=O)/C=C/C(=O)O[C@@H](C)C(=O)N(CCC)CCC. The van der Waals surface area contributed by atoms with E-state index in [1.165, 1.54) is 13.8 Å². The molecule has 0 aliphatic heterocycles. The first kappa shape index (κ1) is 27.6. The second kappa shape index (κ2) is 15.5. The minimum Gasteiger partial charge on any atom is -0.449 e. The van der Waals surface area contributed by atoms with Gasteiger partial charge in [0.1, 0.15) is 0 Å². The van der Waals surface area contributed by atoms with Gasteiger partial charge < -0.3 is 19.3 Å². The third-order valence-electron chi connectivity index (χ3n) is 4.23. The summed E-state index contributed by atoms with van der Waals surface area (Å²) in [7, 11) is 0. The molecule has 0 bridgehead atoms. The number of ether oxygens (including phenoxy) is 2. The molecule has 0 heterocycles. The smallest absolute Gasteiger partial charge is 0.331 e. The lowest BCUT2D eigenvalue weighted by Gasteiger charge is -2.24. The molecule has 0 saturated carbocycles. The Bertz CT molecular complexity index is 528. The molecule has 0 saturated heterocycles. The summed E-state index contributed by atoms with van der Waals surface area (Å²) >= 11 is 0. The van der Waals surface area contributed by atoms with Crippen LogP contribution in [0.25, 0.3) is 0 Å². The summed E-state index contributed by atoms with van der Waals surface area (Å²) in [6, 6.07) is 0. The van der Waals surface area contributed by atoms with E-state index in [2.05, 4.69) is 0 Å². The van der Waals surface area contributed by atoms with Gasteiger partial charge in [-0.2, -0.15) is 0 Å². The topological polar surface area (TPSA) is 93.2 Å². The summed E-state index contributed by atoms with van der Waals surface area (Å²) in [5.74, 6) is -2.18. The fourth-order valence-electron chi connectivity index (χ4n) is 2.92. The quantitative estimate of drug-likeness (QED) is 0.313. The van der Waals surface area contributed by atoms with Crippen LogP contribution in [0.3, 0.4) is 0 Å². The monoisotopic (exact) mass is 426 g/mol. The van der Waals surface area contributed by atoms with Gasteiger partial charge in [-0.15, -0.1) is 0 Å². The maximum atomic E-state index is 12.4. The van der Waals surface area contributed by atoms with Gasteiger partial charge in [-0.3, -0.25) is 9.59 Å². The first-order valence-corrected chi connectivity index (χ1v) is 10.9. The van der Waals surface area contributed by atoms with E-state index in [4.69, 9.17) is 9.47 Å². The second-order valence-corrected chi connectivity index (χ2v) is 7.14. The molecule has 8 heteroatoms. The molecule has 0 N–H and O–H groups in total. The van der Waals surface area contributed by atoms with Crippen LogP contribution in [-0.2, 0) is 28.7 Å². The van der Waals surface area contributed by atoms with Crippen molar-refractivity contribution in [3.63, 3.8) is 0 Å². The summed E-state index contributed by atoms with van der Waals surface area (Å²) in [6.07, 6.45) is 3.14. The van der Waals surface area contributed by atoms with Gasteiger partial charge in [-0.25, -0.2) is 9.59 Å². The highest BCUT2D eigenvalue weighted by Crippen LogP contribution is 2.05. The predicted octanol–water partition coefficient (Wildman–Crippen LogP) is 2.70. The molecule has 0 aromatic carbocycles. The summed E-state index contributed by atoms with van der Waals surface area (Å²) in [5, 5.41) is 0. The van der Waals surface area contributed by atoms with E-state index >= 15 is 0 Å². The minimum atomic E-state index is -0.951. The van der Waals surface area contributed by atoms with Crippen molar-refractivity contribution in [3.05, 3.63) is 12.2 Å². The molecule has 0 rings (SSSR count). The highest BCUT2D eigenvalue weighted by molar-refractivity contribution is 5.94. The summed E-state index contributed by atoms with van der Waals surface area (Å²) in [5.41, 5.74) is 0. The van der Waals surface area contributed by atoms with Crippen molar-refractivity contribution >= 4 is 23.8 Å². The zero-order valence-electron chi connectivity index (χ0n) is 19.3. The minimum absolute atomic E-state index is 0.269. The number of hydrogen-bond donors (Lipinski definition) is 0. The first-order chi connectivity index (χ1) is 14.2. The molecule has 0 aliphatic carbocycles. The number of nitrogens with zero attached hydrogens (tertiary/aromatic N) is 2. The van der Waals surface area contributed by atoms with Crippen molar-refractivity contribution in [2.24, 2.45) is 0 Å². The Hall–Kier alpha value is -2.38. The molecule has 0 radical (unpaired) electrons. The zero-order valence-corrected chi connectivity index (χ0v) is 19.3. The predicted molar refractivity (Wildman–Crippen MR) is 115 cm³/mol. The molecule has 30 heavy (non-hydrogen) atoms. The fraction of sp³-hybridized carbons (Fsp3) is 0.727. The average Bonchev–Trinajstić information content (AvgIpc) is 2.70. The lowest BCUT2D eigenvalue weighted by molar-refractivity contribution is -0.156. The molecule has 8 nitrogen and oxygen atoms in total. The average molecular weight is 427 g/mol. The van der Waals surface area contributed by atoms with Crippen molar-refractivity contribution < 1.29 is 28.7 Å². The van der Waals surface area contributed by atoms with E-state index in [9.17, 15) is 19.2 Å². The molecule has 2 amide bonds. The van der Waals surface area contributed by atoms with Crippen LogP contribution in [-0.4, -0.2) is 71.9 Å². The third-order valence-corrected chi connectivity index (χ3v) is 4.23. The third kappa shape index (κ3) is 10.4. The highest BCUT2D eigenvalue weighted by Gasteiger charge is 2.24. The van der Waals surface area contributed by atoms with E-state index < -0.39 is 24.1 Å². The Labute approximate surface area is 180 Å². The van der Waals surface area contributed by atoms with Gasteiger partial charge in [0, 0.05) is 38.3 Å². The molecule has 172 valence electrons. The van der Waals surface area contributed by atoms with Crippen LogP contribution >= 0.6 is 0 Å². The zero-order chi connectivity index (χ0) is 23.1. The lowest BCUT2D eigenvalue weighted by atomic mass is 10.3. The molecule has 0 aromatic rings. The van der Waals surface area contributed by atoms with Crippen LogP contribution in [0.15, 0.2) is 12.2 Å². The first-order valence-electron chi connectivity index (χ1n) is 10.9. The van der Waals surface area contributed by atoms with Gasteiger partial charge in [-0.05, 0) is 39.5 Å². The highest BCUT2D eigenvalue weighted by atomic mass is 16.6. The maximum absolute atomic E-state index is 12.4. The van der Waals surface area contributed by atoms with Crippen molar-refractivity contribution in [2.45, 2.75) is 79.4 Å². The Morgan fingerprint density at radius 3 is 1.13 bits per heavy atom. The molecule has 0 aliphatic rings. The van der Waals surface area contributed by atoms with Gasteiger partial charge in [-0.1, -0.05) is 27.7 Å².